The maximum Gasteiger partial charge on any atom is 0.189 e. The Balaban J connectivity index is 2.33. The molecule has 0 spiro atoms. The summed E-state index contributed by atoms with van der Waals surface area (Å²) in [5, 5.41) is -1.01. The highest BCUT2D eigenvalue weighted by Gasteiger charge is 2.36. The third-order valence-electron chi connectivity index (χ3n) is 4.78. The number of benzene rings is 3. The molecule has 3 rings (SSSR count). The predicted molar refractivity (Wildman–Crippen MR) is 113 cm³/mol. The second-order valence-electron chi connectivity index (χ2n) is 6.59. The van der Waals surface area contributed by atoms with Gasteiger partial charge in [-0.1, -0.05) is 48.0 Å². The number of aryl methyl sites for hydroxylation is 1. The Morgan fingerprint density at radius 1 is 0.759 bits per heavy atom. The Kier molecular flexibility index (Phi) is 6.13. The Morgan fingerprint density at radius 2 is 1.31 bits per heavy atom. The lowest BCUT2D eigenvalue weighted by Crippen LogP contribution is -2.17. The summed E-state index contributed by atoms with van der Waals surface area (Å²) < 4.78 is 44.0. The molecule has 0 aliphatic heterocycles. The molecule has 0 saturated carbocycles. The highest BCUT2D eigenvalue weighted by Crippen LogP contribution is 2.46. The summed E-state index contributed by atoms with van der Waals surface area (Å²) in [5.41, 5.74) is 2.04. The van der Waals surface area contributed by atoms with Crippen LogP contribution >= 0.6 is 0 Å². The van der Waals surface area contributed by atoms with Crippen molar-refractivity contribution < 1.29 is 22.6 Å². The zero-order valence-corrected chi connectivity index (χ0v) is 17.7. The molecule has 0 aromatic heterocycles. The molecule has 0 amide bonds. The van der Waals surface area contributed by atoms with Crippen LogP contribution in [0.3, 0.4) is 0 Å². The molecular weight excluding hydrogens is 388 g/mol. The van der Waals surface area contributed by atoms with E-state index in [4.69, 9.17) is 14.2 Å². The molecule has 0 N–H and O–H groups in total. The smallest absolute Gasteiger partial charge is 0.189 e. The molecule has 1 unspecified atom stereocenters. The fourth-order valence-electron chi connectivity index (χ4n) is 3.28. The first kappa shape index (κ1) is 20.7. The third kappa shape index (κ3) is 4.07. The fourth-order valence-corrected chi connectivity index (χ4v) is 5.13. The number of sulfone groups is 1. The summed E-state index contributed by atoms with van der Waals surface area (Å²) in [4.78, 5) is 0.233. The van der Waals surface area contributed by atoms with Gasteiger partial charge in [0.25, 0.3) is 0 Å². The Hall–Kier alpha value is -2.99. The van der Waals surface area contributed by atoms with Crippen LogP contribution in [-0.2, 0) is 9.84 Å². The maximum absolute atomic E-state index is 13.8. The summed E-state index contributed by atoms with van der Waals surface area (Å²) in [6, 6.07) is 19.2. The lowest BCUT2D eigenvalue weighted by atomic mass is 10.0. The molecule has 152 valence electrons. The molecule has 3 aromatic carbocycles. The molecule has 0 aliphatic rings. The van der Waals surface area contributed by atoms with E-state index in [0.717, 1.165) is 5.56 Å². The van der Waals surface area contributed by atoms with Crippen molar-refractivity contribution in [3.8, 4) is 17.2 Å². The maximum atomic E-state index is 13.8. The molecule has 6 heteroatoms. The first-order chi connectivity index (χ1) is 13.9. The largest absolute Gasteiger partial charge is 0.496 e. The molecular formula is C23H24O5S. The van der Waals surface area contributed by atoms with Crippen LogP contribution < -0.4 is 14.2 Å². The van der Waals surface area contributed by atoms with Crippen molar-refractivity contribution in [1.29, 1.82) is 0 Å². The molecule has 5 nitrogen and oxygen atoms in total. The molecule has 0 bridgehead atoms. The van der Waals surface area contributed by atoms with Crippen molar-refractivity contribution >= 4 is 9.84 Å². The van der Waals surface area contributed by atoms with Crippen LogP contribution in [0.15, 0.2) is 71.6 Å². The van der Waals surface area contributed by atoms with E-state index in [1.54, 1.807) is 48.5 Å². The standard InChI is InChI=1S/C23H24O5S/c1-16-10-12-19(13-11-16)29(24,25)23(17-8-6-5-7-9-17)22-20(27-3)14-18(26-2)15-21(22)28-4/h5-15,23H,1-4H3. The number of methoxy groups -OCH3 is 3. The van der Waals surface area contributed by atoms with Crippen molar-refractivity contribution in [2.24, 2.45) is 0 Å². The molecule has 0 fully saturated rings. The zero-order chi connectivity index (χ0) is 21.0. The molecule has 0 saturated heterocycles. The number of rotatable bonds is 7. The van der Waals surface area contributed by atoms with Gasteiger partial charge in [0.2, 0.25) is 0 Å². The van der Waals surface area contributed by atoms with Gasteiger partial charge in [-0.25, -0.2) is 8.42 Å². The fraction of sp³-hybridized carbons (Fsp3) is 0.217. The van der Waals surface area contributed by atoms with E-state index in [1.807, 2.05) is 25.1 Å². The first-order valence-electron chi connectivity index (χ1n) is 9.07. The minimum absolute atomic E-state index is 0.233. The second-order valence-corrected chi connectivity index (χ2v) is 8.63. The highest BCUT2D eigenvalue weighted by molar-refractivity contribution is 7.92. The molecule has 0 heterocycles. The molecule has 29 heavy (non-hydrogen) atoms. The average molecular weight is 413 g/mol. The van der Waals surface area contributed by atoms with Crippen LogP contribution in [0.4, 0.5) is 0 Å². The summed E-state index contributed by atoms with van der Waals surface area (Å²) in [5.74, 6) is 1.28. The van der Waals surface area contributed by atoms with E-state index in [1.165, 1.54) is 21.3 Å². The van der Waals surface area contributed by atoms with Crippen LogP contribution in [0.5, 0.6) is 17.2 Å². The van der Waals surface area contributed by atoms with Gasteiger partial charge in [0.1, 0.15) is 22.5 Å². The summed E-state index contributed by atoms with van der Waals surface area (Å²) in [7, 11) is 0.720. The lowest BCUT2D eigenvalue weighted by Gasteiger charge is -2.24. The van der Waals surface area contributed by atoms with Gasteiger partial charge in [-0.2, -0.15) is 0 Å². The van der Waals surface area contributed by atoms with Crippen molar-refractivity contribution in [3.05, 3.63) is 83.4 Å². The molecule has 0 radical (unpaired) electrons. The lowest BCUT2D eigenvalue weighted by molar-refractivity contribution is 0.369. The van der Waals surface area contributed by atoms with Crippen LogP contribution in [0.25, 0.3) is 0 Å². The van der Waals surface area contributed by atoms with Gasteiger partial charge in [-0.15, -0.1) is 0 Å². The van der Waals surface area contributed by atoms with E-state index in [9.17, 15) is 8.42 Å². The summed E-state index contributed by atoms with van der Waals surface area (Å²) >= 11 is 0. The van der Waals surface area contributed by atoms with Crippen molar-refractivity contribution in [3.63, 3.8) is 0 Å². The van der Waals surface area contributed by atoms with Crippen molar-refractivity contribution in [2.75, 3.05) is 21.3 Å². The van der Waals surface area contributed by atoms with Crippen LogP contribution in [0.1, 0.15) is 21.9 Å². The number of hydrogen-bond acceptors (Lipinski definition) is 5. The average Bonchev–Trinajstić information content (AvgIpc) is 2.74. The Labute approximate surface area is 171 Å². The van der Waals surface area contributed by atoms with Crippen LogP contribution in [0, 0.1) is 6.92 Å². The number of ether oxygens (including phenoxy) is 3. The van der Waals surface area contributed by atoms with Gasteiger partial charge in [-0.05, 0) is 24.6 Å². The van der Waals surface area contributed by atoms with Gasteiger partial charge in [0, 0.05) is 12.1 Å². The van der Waals surface area contributed by atoms with Gasteiger partial charge in [0.05, 0.1) is 31.8 Å². The minimum atomic E-state index is -3.81. The van der Waals surface area contributed by atoms with Gasteiger partial charge >= 0.3 is 0 Å². The quantitative estimate of drug-likeness (QED) is 0.568. The van der Waals surface area contributed by atoms with Crippen LogP contribution in [-0.4, -0.2) is 29.7 Å². The SMILES string of the molecule is COc1cc(OC)c(C(c2ccccc2)S(=O)(=O)c2ccc(C)cc2)c(OC)c1. The molecule has 1 atom stereocenters. The first-order valence-corrected chi connectivity index (χ1v) is 10.6. The Bertz CT molecular complexity index is 1050. The third-order valence-corrected chi connectivity index (χ3v) is 6.84. The van der Waals surface area contributed by atoms with Crippen molar-refractivity contribution in [2.45, 2.75) is 17.1 Å². The predicted octanol–water partition coefficient (Wildman–Crippen LogP) is 4.58. The second kappa shape index (κ2) is 8.57. The zero-order valence-electron chi connectivity index (χ0n) is 16.9. The summed E-state index contributed by atoms with van der Waals surface area (Å²) in [6.07, 6.45) is 0. The van der Waals surface area contributed by atoms with Crippen LogP contribution in [0.2, 0.25) is 0 Å². The van der Waals surface area contributed by atoms with E-state index >= 15 is 0 Å². The van der Waals surface area contributed by atoms with E-state index in [2.05, 4.69) is 0 Å². The molecule has 0 aliphatic carbocycles. The van der Waals surface area contributed by atoms with Gasteiger partial charge in [0.15, 0.2) is 9.84 Å². The monoisotopic (exact) mass is 412 g/mol. The van der Waals surface area contributed by atoms with Gasteiger partial charge in [-0.3, -0.25) is 0 Å². The highest BCUT2D eigenvalue weighted by atomic mass is 32.2. The van der Waals surface area contributed by atoms with E-state index in [0.29, 0.717) is 28.4 Å². The normalized spacial score (nSPS) is 12.3. The minimum Gasteiger partial charge on any atom is -0.496 e. The summed E-state index contributed by atoms with van der Waals surface area (Å²) in [6.45, 7) is 1.92. The van der Waals surface area contributed by atoms with Crippen molar-refractivity contribution in [1.82, 2.24) is 0 Å². The number of hydrogen-bond donors (Lipinski definition) is 0. The van der Waals surface area contributed by atoms with Gasteiger partial charge < -0.3 is 14.2 Å². The van der Waals surface area contributed by atoms with E-state index < -0.39 is 15.1 Å². The van der Waals surface area contributed by atoms with E-state index in [-0.39, 0.29) is 4.90 Å². The Morgan fingerprint density at radius 3 is 1.79 bits per heavy atom. The topological polar surface area (TPSA) is 61.8 Å². The molecule has 3 aromatic rings.